The molecule has 1 aromatic rings. The fourth-order valence-electron chi connectivity index (χ4n) is 1.48. The van der Waals surface area contributed by atoms with Gasteiger partial charge in [-0.2, -0.15) is 0 Å². The van der Waals surface area contributed by atoms with Crippen molar-refractivity contribution in [2.75, 3.05) is 33.4 Å². The third-order valence-corrected chi connectivity index (χ3v) is 2.50. The lowest BCUT2D eigenvalue weighted by Gasteiger charge is -2.08. The molecule has 0 fully saturated rings. The van der Waals surface area contributed by atoms with Gasteiger partial charge in [0.15, 0.2) is 0 Å². The second kappa shape index (κ2) is 10.0. The molecular formula is C14H21FN2O3. The van der Waals surface area contributed by atoms with Gasteiger partial charge in [-0.15, -0.1) is 0 Å². The molecular weight excluding hydrogens is 263 g/mol. The molecule has 0 radical (unpaired) electrons. The van der Waals surface area contributed by atoms with Crippen molar-refractivity contribution in [3.8, 4) is 5.75 Å². The van der Waals surface area contributed by atoms with Crippen LogP contribution in [0.3, 0.4) is 0 Å². The van der Waals surface area contributed by atoms with E-state index in [-0.39, 0.29) is 11.8 Å². The Labute approximate surface area is 118 Å². The second-order valence-electron chi connectivity index (χ2n) is 4.18. The molecule has 2 N–H and O–H groups in total. The van der Waals surface area contributed by atoms with Gasteiger partial charge in [-0.3, -0.25) is 0 Å². The average molecular weight is 284 g/mol. The average Bonchev–Trinajstić information content (AvgIpc) is 2.45. The quantitative estimate of drug-likeness (QED) is 0.681. The van der Waals surface area contributed by atoms with Crippen LogP contribution in [0.25, 0.3) is 0 Å². The monoisotopic (exact) mass is 284 g/mol. The van der Waals surface area contributed by atoms with Crippen molar-refractivity contribution in [1.29, 1.82) is 0 Å². The van der Waals surface area contributed by atoms with Gasteiger partial charge in [-0.1, -0.05) is 0 Å². The number of halogens is 1. The van der Waals surface area contributed by atoms with Crippen LogP contribution < -0.4 is 15.4 Å². The third kappa shape index (κ3) is 7.58. The molecule has 0 bridgehead atoms. The number of carbonyl (C=O) groups excluding carboxylic acids is 1. The van der Waals surface area contributed by atoms with Crippen molar-refractivity contribution in [2.24, 2.45) is 0 Å². The molecule has 1 rings (SSSR count). The van der Waals surface area contributed by atoms with E-state index in [2.05, 4.69) is 10.6 Å². The zero-order valence-electron chi connectivity index (χ0n) is 11.7. The SMILES string of the molecule is COCCCNC(=O)NCCCOc1ccc(F)cc1. The molecule has 6 heteroatoms. The standard InChI is InChI=1S/C14H21FN2O3/c1-19-10-2-8-16-14(18)17-9-3-11-20-13-6-4-12(15)5-7-13/h4-7H,2-3,8-11H2,1H3,(H2,16,17,18). The lowest BCUT2D eigenvalue weighted by Crippen LogP contribution is -2.37. The first-order valence-corrected chi connectivity index (χ1v) is 6.61. The Hall–Kier alpha value is -1.82. The van der Waals surface area contributed by atoms with Gasteiger partial charge in [-0.05, 0) is 37.1 Å². The number of benzene rings is 1. The van der Waals surface area contributed by atoms with Crippen molar-refractivity contribution >= 4 is 6.03 Å². The highest BCUT2D eigenvalue weighted by Crippen LogP contribution is 2.10. The summed E-state index contributed by atoms with van der Waals surface area (Å²) < 4.78 is 22.9. The number of ether oxygens (including phenoxy) is 2. The summed E-state index contributed by atoms with van der Waals surface area (Å²) >= 11 is 0. The Bertz CT molecular complexity index is 385. The molecule has 0 aliphatic rings. The summed E-state index contributed by atoms with van der Waals surface area (Å²) in [6.45, 7) is 2.21. The van der Waals surface area contributed by atoms with E-state index < -0.39 is 0 Å². The Balaban J connectivity index is 1.98. The molecule has 0 saturated heterocycles. The molecule has 0 saturated carbocycles. The Morgan fingerprint density at radius 2 is 1.70 bits per heavy atom. The molecule has 20 heavy (non-hydrogen) atoms. The fraction of sp³-hybridized carbons (Fsp3) is 0.500. The molecule has 112 valence electrons. The molecule has 2 amide bonds. The molecule has 0 unspecified atom stereocenters. The summed E-state index contributed by atoms with van der Waals surface area (Å²) in [5, 5.41) is 5.44. The Kier molecular flexibility index (Phi) is 8.14. The number of hydrogen-bond donors (Lipinski definition) is 2. The smallest absolute Gasteiger partial charge is 0.314 e. The summed E-state index contributed by atoms with van der Waals surface area (Å²) in [5.74, 6) is 0.333. The molecule has 0 aliphatic heterocycles. The Morgan fingerprint density at radius 1 is 1.10 bits per heavy atom. The first-order chi connectivity index (χ1) is 9.72. The number of amides is 2. The van der Waals surface area contributed by atoms with Crippen molar-refractivity contribution < 1.29 is 18.7 Å². The summed E-state index contributed by atoms with van der Waals surface area (Å²) in [7, 11) is 1.63. The van der Waals surface area contributed by atoms with Crippen LogP contribution in [0.15, 0.2) is 24.3 Å². The largest absolute Gasteiger partial charge is 0.494 e. The van der Waals surface area contributed by atoms with Crippen molar-refractivity contribution in [3.05, 3.63) is 30.1 Å². The zero-order chi connectivity index (χ0) is 14.6. The van der Waals surface area contributed by atoms with Crippen LogP contribution in [0.2, 0.25) is 0 Å². The van der Waals surface area contributed by atoms with Crippen LogP contribution in [0.5, 0.6) is 5.75 Å². The molecule has 0 spiro atoms. The third-order valence-electron chi connectivity index (χ3n) is 2.50. The predicted molar refractivity (Wildman–Crippen MR) is 74.4 cm³/mol. The van der Waals surface area contributed by atoms with E-state index in [0.29, 0.717) is 38.5 Å². The lowest BCUT2D eigenvalue weighted by atomic mass is 10.3. The summed E-state index contributed by atoms with van der Waals surface area (Å²) in [5.41, 5.74) is 0. The van der Waals surface area contributed by atoms with Crippen molar-refractivity contribution in [2.45, 2.75) is 12.8 Å². The van der Waals surface area contributed by atoms with E-state index in [1.165, 1.54) is 12.1 Å². The van der Waals surface area contributed by atoms with E-state index in [1.54, 1.807) is 19.2 Å². The minimum absolute atomic E-state index is 0.192. The first kappa shape index (κ1) is 16.2. The van der Waals surface area contributed by atoms with Crippen molar-refractivity contribution in [1.82, 2.24) is 10.6 Å². The number of urea groups is 1. The maximum absolute atomic E-state index is 12.7. The van der Waals surface area contributed by atoms with Crippen LogP contribution in [0, 0.1) is 5.82 Å². The number of carbonyl (C=O) groups is 1. The van der Waals surface area contributed by atoms with Gasteiger partial charge in [0.1, 0.15) is 11.6 Å². The van der Waals surface area contributed by atoms with Gasteiger partial charge in [0.25, 0.3) is 0 Å². The number of rotatable bonds is 9. The number of hydrogen-bond acceptors (Lipinski definition) is 3. The van der Waals surface area contributed by atoms with Crippen LogP contribution in [-0.2, 0) is 4.74 Å². The Morgan fingerprint density at radius 3 is 2.30 bits per heavy atom. The van der Waals surface area contributed by atoms with Gasteiger partial charge in [-0.25, -0.2) is 9.18 Å². The predicted octanol–water partition coefficient (Wildman–Crippen LogP) is 1.93. The van der Waals surface area contributed by atoms with E-state index >= 15 is 0 Å². The van der Waals surface area contributed by atoms with Gasteiger partial charge in [0, 0.05) is 26.8 Å². The maximum atomic E-state index is 12.7. The minimum Gasteiger partial charge on any atom is -0.494 e. The highest BCUT2D eigenvalue weighted by atomic mass is 19.1. The topological polar surface area (TPSA) is 59.6 Å². The second-order valence-corrected chi connectivity index (χ2v) is 4.18. The van der Waals surface area contributed by atoms with Crippen LogP contribution >= 0.6 is 0 Å². The molecule has 5 nitrogen and oxygen atoms in total. The van der Waals surface area contributed by atoms with Crippen LogP contribution in [0.4, 0.5) is 9.18 Å². The summed E-state index contributed by atoms with van der Waals surface area (Å²) in [6.07, 6.45) is 1.47. The highest BCUT2D eigenvalue weighted by molar-refractivity contribution is 5.73. The number of nitrogens with one attached hydrogen (secondary N) is 2. The van der Waals surface area contributed by atoms with Gasteiger partial charge >= 0.3 is 6.03 Å². The molecule has 0 heterocycles. The van der Waals surface area contributed by atoms with Crippen molar-refractivity contribution in [3.63, 3.8) is 0 Å². The fourth-order valence-corrected chi connectivity index (χ4v) is 1.48. The van der Waals surface area contributed by atoms with E-state index in [1.807, 2.05) is 0 Å². The van der Waals surface area contributed by atoms with Gasteiger partial charge in [0.05, 0.1) is 6.61 Å². The van der Waals surface area contributed by atoms with E-state index in [0.717, 1.165) is 6.42 Å². The summed E-state index contributed by atoms with van der Waals surface area (Å²) in [6, 6.07) is 5.65. The normalized spacial score (nSPS) is 10.1. The number of methoxy groups -OCH3 is 1. The first-order valence-electron chi connectivity index (χ1n) is 6.61. The zero-order valence-corrected chi connectivity index (χ0v) is 11.7. The summed E-state index contributed by atoms with van der Waals surface area (Å²) in [4.78, 5) is 11.3. The van der Waals surface area contributed by atoms with Gasteiger partial charge in [0.2, 0.25) is 0 Å². The lowest BCUT2D eigenvalue weighted by molar-refractivity contribution is 0.193. The molecule has 0 atom stereocenters. The molecule has 1 aromatic carbocycles. The maximum Gasteiger partial charge on any atom is 0.314 e. The van der Waals surface area contributed by atoms with Gasteiger partial charge < -0.3 is 20.1 Å². The van der Waals surface area contributed by atoms with E-state index in [9.17, 15) is 9.18 Å². The minimum atomic E-state index is -0.288. The molecule has 0 aliphatic carbocycles. The van der Waals surface area contributed by atoms with E-state index in [4.69, 9.17) is 9.47 Å². The van der Waals surface area contributed by atoms with Crippen LogP contribution in [-0.4, -0.2) is 39.4 Å². The van der Waals surface area contributed by atoms with Crippen LogP contribution in [0.1, 0.15) is 12.8 Å². The highest BCUT2D eigenvalue weighted by Gasteiger charge is 1.99. The molecule has 0 aromatic heterocycles.